The predicted octanol–water partition coefficient (Wildman–Crippen LogP) is -2.48. The molecular formula is C3H6LiO2S-. The molecule has 0 aliphatic rings. The Morgan fingerprint density at radius 2 is 2.29 bits per heavy atom. The van der Waals surface area contributed by atoms with Gasteiger partial charge in [0.25, 0.3) is 0 Å². The van der Waals surface area contributed by atoms with Gasteiger partial charge in [0.2, 0.25) is 0 Å². The fraction of sp³-hybridized carbons (Fsp3) is 0.333. The third-order valence-corrected chi connectivity index (χ3v) is 0.742. The van der Waals surface area contributed by atoms with Crippen LogP contribution in [0.2, 0.25) is 0 Å². The van der Waals surface area contributed by atoms with E-state index in [0.717, 1.165) is 5.41 Å². The quantitative estimate of drug-likeness (QED) is 0.279. The molecule has 1 atom stereocenters. The fourth-order valence-corrected chi connectivity index (χ4v) is 0.333. The van der Waals surface area contributed by atoms with Crippen LogP contribution in [0.4, 0.5) is 0 Å². The first-order valence-corrected chi connectivity index (χ1v) is 2.62. The molecule has 0 aromatic carbocycles. The van der Waals surface area contributed by atoms with Crippen molar-refractivity contribution in [3.8, 4) is 0 Å². The van der Waals surface area contributed by atoms with Crippen molar-refractivity contribution in [2.24, 2.45) is 0 Å². The second-order valence-electron chi connectivity index (χ2n) is 0.730. The summed E-state index contributed by atoms with van der Waals surface area (Å²) < 4.78 is 19.0. The monoisotopic (exact) mass is 113 g/mol. The summed E-state index contributed by atoms with van der Waals surface area (Å²) in [4.78, 5) is 0. The molecule has 2 nitrogen and oxygen atoms in total. The van der Waals surface area contributed by atoms with Gasteiger partial charge in [-0.15, -0.1) is 0 Å². The number of hydrogen-bond donors (Lipinski definition) is 0. The minimum absolute atomic E-state index is 0. The number of rotatable bonds is 1. The Kier molecular flexibility index (Phi) is 9.61. The zero-order valence-corrected chi connectivity index (χ0v) is 5.20. The summed E-state index contributed by atoms with van der Waals surface area (Å²) in [5.41, 5.74) is 0. The maximum atomic E-state index is 9.51. The van der Waals surface area contributed by atoms with Crippen molar-refractivity contribution in [3.63, 3.8) is 0 Å². The normalized spacial score (nSPS) is 13.4. The summed E-state index contributed by atoms with van der Waals surface area (Å²) in [7, 11) is 0. The maximum absolute atomic E-state index is 9.51. The van der Waals surface area contributed by atoms with Crippen molar-refractivity contribution < 1.29 is 29.0 Å². The van der Waals surface area contributed by atoms with Crippen LogP contribution in [0.5, 0.6) is 0 Å². The molecular weight excluding hydrogens is 107 g/mol. The number of hydrogen-bond acceptors (Lipinski definition) is 2. The molecule has 4 heteroatoms. The van der Waals surface area contributed by atoms with Crippen LogP contribution in [-0.2, 0) is 11.1 Å². The van der Waals surface area contributed by atoms with Crippen LogP contribution < -0.4 is 18.9 Å². The van der Waals surface area contributed by atoms with Gasteiger partial charge in [0.05, 0.1) is 0 Å². The van der Waals surface area contributed by atoms with E-state index in [2.05, 4.69) is 0 Å². The van der Waals surface area contributed by atoms with Gasteiger partial charge in [-0.2, -0.15) is 0 Å². The van der Waals surface area contributed by atoms with Crippen molar-refractivity contribution in [3.05, 3.63) is 11.5 Å². The number of allylic oxidation sites excluding steroid dienone is 1. The first kappa shape index (κ1) is 10.4. The predicted molar refractivity (Wildman–Crippen MR) is 24.8 cm³/mol. The average molecular weight is 113 g/mol. The van der Waals surface area contributed by atoms with Gasteiger partial charge in [-0.25, -0.2) is 0 Å². The zero-order chi connectivity index (χ0) is 4.99. The van der Waals surface area contributed by atoms with E-state index in [-0.39, 0.29) is 20.3 Å². The Bertz CT molecular complexity index is 85.4. The molecule has 0 aliphatic carbocycles. The van der Waals surface area contributed by atoms with Crippen molar-refractivity contribution >= 4 is 11.1 Å². The van der Waals surface area contributed by atoms with E-state index < -0.39 is 11.1 Å². The van der Waals surface area contributed by atoms with E-state index >= 15 is 0 Å². The summed E-state index contributed by atoms with van der Waals surface area (Å²) >= 11 is -2.00. The molecule has 7 heavy (non-hydrogen) atoms. The summed E-state index contributed by atoms with van der Waals surface area (Å²) in [5.74, 6) is 0. The largest absolute Gasteiger partial charge is 1.00 e. The molecule has 0 bridgehead atoms. The average Bonchev–Trinajstić information content (AvgIpc) is 1.35. The molecule has 0 fully saturated rings. The minimum Gasteiger partial charge on any atom is -1.00 e. The molecule has 0 aromatic rings. The molecule has 0 spiro atoms. The summed E-state index contributed by atoms with van der Waals surface area (Å²) in [5, 5.41) is 1.08. The molecule has 0 radical (unpaired) electrons. The van der Waals surface area contributed by atoms with Gasteiger partial charge >= 0.3 is 18.9 Å². The molecule has 0 rings (SSSR count). The minimum atomic E-state index is -2.00. The third kappa shape index (κ3) is 10.7. The van der Waals surface area contributed by atoms with Gasteiger partial charge in [-0.1, -0.05) is 6.08 Å². The Balaban J connectivity index is -0.000000125. The van der Waals surface area contributed by atoms with Gasteiger partial charge in [0, 0.05) is 0 Å². The van der Waals surface area contributed by atoms with Gasteiger partial charge < -0.3 is 5.98 Å². The fourth-order valence-electron chi connectivity index (χ4n) is 0.111. The molecule has 38 valence electrons. The SMILES string of the molecule is CC=CS(=O)[O-].[H-].[Li+]. The van der Waals surface area contributed by atoms with Gasteiger partial charge in [0.15, 0.2) is 0 Å². The van der Waals surface area contributed by atoms with Gasteiger partial charge in [-0.3, -0.25) is 4.21 Å². The molecule has 1 unspecified atom stereocenters. The van der Waals surface area contributed by atoms with E-state index in [0.29, 0.717) is 0 Å². The van der Waals surface area contributed by atoms with Crippen LogP contribution in [0.25, 0.3) is 0 Å². The van der Waals surface area contributed by atoms with Crippen LogP contribution in [0, 0.1) is 0 Å². The van der Waals surface area contributed by atoms with Crippen LogP contribution in [0.15, 0.2) is 11.5 Å². The standard InChI is InChI=1S/C3H6O2S.Li.H/c1-2-3-6(4)5;;/h2-3H,1H3,(H,4,5);;/q;+1;-1/p-1. The van der Waals surface area contributed by atoms with Gasteiger partial charge in [0.1, 0.15) is 0 Å². The summed E-state index contributed by atoms with van der Waals surface area (Å²) in [6.07, 6.45) is 1.46. The van der Waals surface area contributed by atoms with E-state index in [9.17, 15) is 8.76 Å². The van der Waals surface area contributed by atoms with E-state index in [1.165, 1.54) is 6.08 Å². The van der Waals surface area contributed by atoms with Crippen molar-refractivity contribution in [1.29, 1.82) is 0 Å². The van der Waals surface area contributed by atoms with Crippen molar-refractivity contribution in [2.75, 3.05) is 0 Å². The molecule has 0 N–H and O–H groups in total. The first-order chi connectivity index (χ1) is 2.77. The Morgan fingerprint density at radius 1 is 1.86 bits per heavy atom. The Labute approximate surface area is 58.9 Å². The molecule has 0 aromatic heterocycles. The van der Waals surface area contributed by atoms with E-state index in [4.69, 9.17) is 0 Å². The van der Waals surface area contributed by atoms with Crippen LogP contribution in [-0.4, -0.2) is 8.76 Å². The molecule has 0 heterocycles. The van der Waals surface area contributed by atoms with Gasteiger partial charge in [-0.05, 0) is 23.4 Å². The second-order valence-corrected chi connectivity index (χ2v) is 1.52. The van der Waals surface area contributed by atoms with Crippen molar-refractivity contribution in [1.82, 2.24) is 0 Å². The van der Waals surface area contributed by atoms with Crippen LogP contribution in [0.1, 0.15) is 8.35 Å². The van der Waals surface area contributed by atoms with Crippen molar-refractivity contribution in [2.45, 2.75) is 6.92 Å². The summed E-state index contributed by atoms with van der Waals surface area (Å²) in [6.45, 7) is 1.65. The maximum Gasteiger partial charge on any atom is 1.00 e. The van der Waals surface area contributed by atoms with Crippen LogP contribution >= 0.6 is 0 Å². The van der Waals surface area contributed by atoms with E-state index in [1.807, 2.05) is 0 Å². The second kappa shape index (κ2) is 6.45. The smallest absolute Gasteiger partial charge is 1.00 e. The zero-order valence-electron chi connectivity index (χ0n) is 5.38. The first-order valence-electron chi connectivity index (χ1n) is 1.48. The Morgan fingerprint density at radius 3 is 2.29 bits per heavy atom. The van der Waals surface area contributed by atoms with E-state index in [1.54, 1.807) is 6.92 Å². The molecule has 0 saturated carbocycles. The topological polar surface area (TPSA) is 40.1 Å². The molecule has 0 saturated heterocycles. The molecule has 0 amide bonds. The Hall–Kier alpha value is 0.447. The molecule has 0 aliphatic heterocycles. The third-order valence-electron chi connectivity index (χ3n) is 0.247. The van der Waals surface area contributed by atoms with Crippen LogP contribution in [0.3, 0.4) is 0 Å². The summed E-state index contributed by atoms with van der Waals surface area (Å²) in [6, 6.07) is 0.